The molecule has 2 aliphatic heterocycles. The van der Waals surface area contributed by atoms with E-state index in [1.54, 1.807) is 4.90 Å². The molecule has 1 unspecified atom stereocenters. The second kappa shape index (κ2) is 5.56. The highest BCUT2D eigenvalue weighted by Gasteiger charge is 2.57. The lowest BCUT2D eigenvalue weighted by Crippen LogP contribution is -2.54. The first-order chi connectivity index (χ1) is 10.8. The smallest absolute Gasteiger partial charge is 0.411 e. The lowest BCUT2D eigenvalue weighted by atomic mass is 9.83. The van der Waals surface area contributed by atoms with Crippen molar-refractivity contribution in [2.24, 2.45) is 0 Å². The van der Waals surface area contributed by atoms with Crippen LogP contribution in [0.3, 0.4) is 0 Å². The van der Waals surface area contributed by atoms with E-state index >= 15 is 0 Å². The van der Waals surface area contributed by atoms with E-state index in [1.165, 1.54) is 0 Å². The van der Waals surface area contributed by atoms with Crippen LogP contribution < -0.4 is 0 Å². The van der Waals surface area contributed by atoms with Crippen molar-refractivity contribution >= 4 is 12.2 Å². The third-order valence-electron chi connectivity index (χ3n) is 5.03. The maximum atomic E-state index is 12.3. The first-order valence-electron chi connectivity index (χ1n) is 8.75. The van der Waals surface area contributed by atoms with Crippen molar-refractivity contribution in [1.82, 2.24) is 9.80 Å². The van der Waals surface area contributed by atoms with Crippen LogP contribution in [0.15, 0.2) is 0 Å². The highest BCUT2D eigenvalue weighted by Crippen LogP contribution is 2.45. The number of piperidine rings is 1. The molecule has 6 nitrogen and oxygen atoms in total. The van der Waals surface area contributed by atoms with Crippen molar-refractivity contribution < 1.29 is 19.1 Å². The molecule has 0 aromatic heterocycles. The van der Waals surface area contributed by atoms with E-state index in [9.17, 15) is 9.59 Å². The topological polar surface area (TPSA) is 59.1 Å². The zero-order valence-corrected chi connectivity index (χ0v) is 14.6. The standard InChI is InChI=1S/C17H28N2O4/c1-5-13-17(23-15(21)19(13)12-6-7-12)8-10-18(11-9-17)14(20)22-16(2,3)4/h12-13H,5-11H2,1-4H3. The number of hydrogen-bond donors (Lipinski definition) is 0. The average molecular weight is 324 g/mol. The van der Waals surface area contributed by atoms with E-state index in [-0.39, 0.29) is 18.2 Å². The van der Waals surface area contributed by atoms with Crippen LogP contribution in [0.2, 0.25) is 0 Å². The average Bonchev–Trinajstić information content (AvgIpc) is 3.23. The molecule has 3 rings (SSSR count). The molecule has 0 radical (unpaired) electrons. The van der Waals surface area contributed by atoms with Gasteiger partial charge in [-0.2, -0.15) is 0 Å². The van der Waals surface area contributed by atoms with Crippen LogP contribution in [-0.4, -0.2) is 58.4 Å². The summed E-state index contributed by atoms with van der Waals surface area (Å²) in [5, 5.41) is 0. The van der Waals surface area contributed by atoms with Crippen molar-refractivity contribution in [2.75, 3.05) is 13.1 Å². The Hall–Kier alpha value is -1.46. The lowest BCUT2D eigenvalue weighted by Gasteiger charge is -2.41. The van der Waals surface area contributed by atoms with Gasteiger partial charge < -0.3 is 14.4 Å². The van der Waals surface area contributed by atoms with Crippen LogP contribution in [0.1, 0.15) is 59.8 Å². The molecular weight excluding hydrogens is 296 g/mol. The van der Waals surface area contributed by atoms with Gasteiger partial charge in [-0.15, -0.1) is 0 Å². The predicted molar refractivity (Wildman–Crippen MR) is 85.2 cm³/mol. The molecular formula is C17H28N2O4. The molecule has 1 saturated carbocycles. The number of carbonyl (C=O) groups excluding carboxylic acids is 2. The summed E-state index contributed by atoms with van der Waals surface area (Å²) in [6.07, 6.45) is 4.03. The SMILES string of the molecule is CCC1N(C2CC2)C(=O)OC12CCN(C(=O)OC(C)(C)C)CC2. The largest absolute Gasteiger partial charge is 0.444 e. The third kappa shape index (κ3) is 3.12. The number of likely N-dealkylation sites (tertiary alicyclic amines) is 1. The van der Waals surface area contributed by atoms with Crippen LogP contribution in [-0.2, 0) is 9.47 Å². The van der Waals surface area contributed by atoms with Crippen LogP contribution >= 0.6 is 0 Å². The molecule has 1 spiro atoms. The van der Waals surface area contributed by atoms with Crippen molar-refractivity contribution in [3.05, 3.63) is 0 Å². The number of nitrogens with zero attached hydrogens (tertiary/aromatic N) is 2. The molecule has 3 fully saturated rings. The number of hydrogen-bond acceptors (Lipinski definition) is 4. The minimum Gasteiger partial charge on any atom is -0.444 e. The molecule has 23 heavy (non-hydrogen) atoms. The predicted octanol–water partition coefficient (Wildman–Crippen LogP) is 3.15. The van der Waals surface area contributed by atoms with Crippen molar-refractivity contribution in [2.45, 2.75) is 83.1 Å². The van der Waals surface area contributed by atoms with Crippen LogP contribution in [0.4, 0.5) is 9.59 Å². The minimum absolute atomic E-state index is 0.142. The highest BCUT2D eigenvalue weighted by molar-refractivity contribution is 5.73. The van der Waals surface area contributed by atoms with Gasteiger partial charge in [0.25, 0.3) is 0 Å². The van der Waals surface area contributed by atoms with Gasteiger partial charge in [0.2, 0.25) is 0 Å². The van der Waals surface area contributed by atoms with Gasteiger partial charge in [0.05, 0.1) is 6.04 Å². The van der Waals surface area contributed by atoms with Crippen LogP contribution in [0.5, 0.6) is 0 Å². The monoisotopic (exact) mass is 324 g/mol. The molecule has 0 N–H and O–H groups in total. The molecule has 2 amide bonds. The van der Waals surface area contributed by atoms with Gasteiger partial charge in [-0.25, -0.2) is 9.59 Å². The molecule has 1 aliphatic carbocycles. The van der Waals surface area contributed by atoms with Gasteiger partial charge in [-0.05, 0) is 40.0 Å². The van der Waals surface area contributed by atoms with E-state index in [0.29, 0.717) is 32.0 Å². The van der Waals surface area contributed by atoms with Crippen molar-refractivity contribution in [1.29, 1.82) is 0 Å². The number of ether oxygens (including phenoxy) is 2. The maximum Gasteiger partial charge on any atom is 0.411 e. The summed E-state index contributed by atoms with van der Waals surface area (Å²) in [6.45, 7) is 8.89. The lowest BCUT2D eigenvalue weighted by molar-refractivity contribution is -0.0325. The molecule has 2 saturated heterocycles. The van der Waals surface area contributed by atoms with Crippen LogP contribution in [0, 0.1) is 0 Å². The maximum absolute atomic E-state index is 12.3. The van der Waals surface area contributed by atoms with Crippen LogP contribution in [0.25, 0.3) is 0 Å². The normalized spacial score (nSPS) is 27.3. The summed E-state index contributed by atoms with van der Waals surface area (Å²) in [6, 6.07) is 0.513. The molecule has 3 aliphatic rings. The summed E-state index contributed by atoms with van der Waals surface area (Å²) in [4.78, 5) is 28.2. The van der Waals surface area contributed by atoms with Gasteiger partial charge in [-0.1, -0.05) is 6.92 Å². The Balaban J connectivity index is 1.65. The van der Waals surface area contributed by atoms with Gasteiger partial charge in [-0.3, -0.25) is 4.90 Å². The molecule has 0 bridgehead atoms. The second-order valence-corrected chi connectivity index (χ2v) is 7.96. The zero-order valence-electron chi connectivity index (χ0n) is 14.6. The minimum atomic E-state index is -0.485. The van der Waals surface area contributed by atoms with Gasteiger partial charge in [0.1, 0.15) is 11.2 Å². The van der Waals surface area contributed by atoms with E-state index < -0.39 is 11.2 Å². The number of amides is 2. The first-order valence-corrected chi connectivity index (χ1v) is 8.75. The quantitative estimate of drug-likeness (QED) is 0.783. The number of carbonyl (C=O) groups is 2. The summed E-state index contributed by atoms with van der Waals surface area (Å²) in [5.41, 5.74) is -0.909. The zero-order chi connectivity index (χ0) is 16.8. The molecule has 130 valence electrons. The third-order valence-corrected chi connectivity index (χ3v) is 5.03. The Kier molecular flexibility index (Phi) is 3.97. The van der Waals surface area contributed by atoms with Gasteiger partial charge in [0, 0.05) is 32.0 Å². The summed E-state index contributed by atoms with van der Waals surface area (Å²) in [7, 11) is 0. The summed E-state index contributed by atoms with van der Waals surface area (Å²) in [5.74, 6) is 0. The summed E-state index contributed by atoms with van der Waals surface area (Å²) >= 11 is 0. The fraction of sp³-hybridized carbons (Fsp3) is 0.882. The highest BCUT2D eigenvalue weighted by atomic mass is 16.6. The Bertz CT molecular complexity index is 487. The molecule has 0 aromatic carbocycles. The van der Waals surface area contributed by atoms with E-state index in [1.807, 2.05) is 25.7 Å². The Labute approximate surface area is 138 Å². The van der Waals surface area contributed by atoms with Crippen molar-refractivity contribution in [3.8, 4) is 0 Å². The number of rotatable bonds is 2. The van der Waals surface area contributed by atoms with Gasteiger partial charge in [0.15, 0.2) is 0 Å². The molecule has 2 heterocycles. The first kappa shape index (κ1) is 16.4. The fourth-order valence-electron chi connectivity index (χ4n) is 3.83. The van der Waals surface area contributed by atoms with E-state index in [2.05, 4.69) is 6.92 Å². The molecule has 1 atom stereocenters. The Morgan fingerprint density at radius 3 is 2.39 bits per heavy atom. The van der Waals surface area contributed by atoms with E-state index in [0.717, 1.165) is 19.3 Å². The Morgan fingerprint density at radius 1 is 1.30 bits per heavy atom. The fourth-order valence-corrected chi connectivity index (χ4v) is 3.83. The van der Waals surface area contributed by atoms with E-state index in [4.69, 9.17) is 9.47 Å². The Morgan fingerprint density at radius 2 is 1.91 bits per heavy atom. The second-order valence-electron chi connectivity index (χ2n) is 7.96. The van der Waals surface area contributed by atoms with Gasteiger partial charge >= 0.3 is 12.2 Å². The molecule has 6 heteroatoms. The molecule has 0 aromatic rings. The summed E-state index contributed by atoms with van der Waals surface area (Å²) < 4.78 is 11.3. The van der Waals surface area contributed by atoms with Crippen molar-refractivity contribution in [3.63, 3.8) is 0 Å².